The minimum absolute atomic E-state index is 0.0712. The molecule has 15 heavy (non-hydrogen) atoms. The lowest BCUT2D eigenvalue weighted by Crippen LogP contribution is -2.32. The lowest BCUT2D eigenvalue weighted by Gasteiger charge is -2.21. The van der Waals surface area contributed by atoms with Crippen LogP contribution in [0.1, 0.15) is 32.1 Å². The number of hydrogen-bond donors (Lipinski definition) is 1. The smallest absolute Gasteiger partial charge is 0.326 e. The Morgan fingerprint density at radius 3 is 2.87 bits per heavy atom. The summed E-state index contributed by atoms with van der Waals surface area (Å²) in [6.45, 7) is 0.803. The Labute approximate surface area is 89.7 Å². The van der Waals surface area contributed by atoms with Gasteiger partial charge in [0.05, 0.1) is 0 Å². The third-order valence-electron chi connectivity index (χ3n) is 3.01. The van der Waals surface area contributed by atoms with Crippen LogP contribution in [0, 0.1) is 5.92 Å². The second kappa shape index (κ2) is 4.96. The zero-order valence-corrected chi connectivity index (χ0v) is 8.85. The minimum Gasteiger partial charge on any atom is -0.337 e. The molecule has 1 aliphatic carbocycles. The van der Waals surface area contributed by atoms with Crippen molar-refractivity contribution in [1.29, 1.82) is 0 Å². The summed E-state index contributed by atoms with van der Waals surface area (Å²) in [6.07, 6.45) is 11.3. The number of rotatable bonds is 2. The molecule has 82 valence electrons. The summed E-state index contributed by atoms with van der Waals surface area (Å²) in [5, 5.41) is 2.94. The Hall–Kier alpha value is -1.32. The number of nitrogens with zero attached hydrogens (tertiary/aromatic N) is 2. The first-order valence-corrected chi connectivity index (χ1v) is 5.62. The fourth-order valence-electron chi connectivity index (χ4n) is 2.09. The van der Waals surface area contributed by atoms with Gasteiger partial charge in [-0.25, -0.2) is 9.78 Å². The second-order valence-corrected chi connectivity index (χ2v) is 4.16. The van der Waals surface area contributed by atoms with E-state index in [0.717, 1.165) is 6.54 Å². The molecule has 2 rings (SSSR count). The summed E-state index contributed by atoms with van der Waals surface area (Å²) < 4.78 is 1.48. The Morgan fingerprint density at radius 2 is 2.20 bits per heavy atom. The summed E-state index contributed by atoms with van der Waals surface area (Å²) in [7, 11) is 0. The molecule has 0 aliphatic heterocycles. The molecule has 1 fully saturated rings. The molecule has 1 saturated carbocycles. The van der Waals surface area contributed by atoms with Gasteiger partial charge in [-0.2, -0.15) is 0 Å². The molecule has 0 bridgehead atoms. The maximum atomic E-state index is 11.6. The molecule has 0 spiro atoms. The standard InChI is InChI=1S/C11H17N3O/c15-11(14-7-6-12-9-14)13-8-10-4-2-1-3-5-10/h6-7,9-10H,1-5,8H2,(H,13,15). The lowest BCUT2D eigenvalue weighted by atomic mass is 9.89. The van der Waals surface area contributed by atoms with Crippen molar-refractivity contribution >= 4 is 6.03 Å². The van der Waals surface area contributed by atoms with E-state index in [4.69, 9.17) is 0 Å². The highest BCUT2D eigenvalue weighted by Gasteiger charge is 2.14. The van der Waals surface area contributed by atoms with Crippen molar-refractivity contribution in [1.82, 2.24) is 14.9 Å². The van der Waals surface area contributed by atoms with Gasteiger partial charge in [-0.1, -0.05) is 19.3 Å². The molecule has 1 aromatic rings. The highest BCUT2D eigenvalue weighted by atomic mass is 16.2. The average Bonchev–Trinajstić information content (AvgIpc) is 2.81. The van der Waals surface area contributed by atoms with Crippen molar-refractivity contribution in [2.75, 3.05) is 6.54 Å². The van der Waals surface area contributed by atoms with Crippen molar-refractivity contribution in [3.05, 3.63) is 18.7 Å². The van der Waals surface area contributed by atoms with Crippen molar-refractivity contribution < 1.29 is 4.79 Å². The predicted octanol–water partition coefficient (Wildman–Crippen LogP) is 2.02. The van der Waals surface area contributed by atoms with Crippen LogP contribution in [0.3, 0.4) is 0 Å². The van der Waals surface area contributed by atoms with E-state index in [1.54, 1.807) is 12.4 Å². The molecule has 0 aromatic carbocycles. The van der Waals surface area contributed by atoms with Crippen molar-refractivity contribution in [2.24, 2.45) is 5.92 Å². The van der Waals surface area contributed by atoms with E-state index < -0.39 is 0 Å². The van der Waals surface area contributed by atoms with Crippen LogP contribution in [-0.4, -0.2) is 22.1 Å². The third kappa shape index (κ3) is 2.81. The molecule has 1 aromatic heterocycles. The van der Waals surface area contributed by atoms with Crippen LogP contribution >= 0.6 is 0 Å². The Kier molecular flexibility index (Phi) is 3.37. The molecule has 0 atom stereocenters. The Balaban J connectivity index is 1.75. The molecule has 0 saturated heterocycles. The maximum Gasteiger partial charge on any atom is 0.326 e. The number of hydrogen-bond acceptors (Lipinski definition) is 2. The third-order valence-corrected chi connectivity index (χ3v) is 3.01. The maximum absolute atomic E-state index is 11.6. The SMILES string of the molecule is O=C(NCC1CCCCC1)n1ccnc1. The van der Waals surface area contributed by atoms with Crippen molar-refractivity contribution in [3.63, 3.8) is 0 Å². The number of amides is 1. The van der Waals surface area contributed by atoms with Crippen molar-refractivity contribution in [2.45, 2.75) is 32.1 Å². The molecular weight excluding hydrogens is 190 g/mol. The van der Waals surface area contributed by atoms with E-state index in [1.807, 2.05) is 0 Å². The van der Waals surface area contributed by atoms with Gasteiger partial charge in [0.2, 0.25) is 0 Å². The quantitative estimate of drug-likeness (QED) is 0.806. The Bertz CT molecular complexity index is 302. The summed E-state index contributed by atoms with van der Waals surface area (Å²) in [4.78, 5) is 15.4. The fraction of sp³-hybridized carbons (Fsp3) is 0.636. The summed E-state index contributed by atoms with van der Waals surface area (Å²) in [6, 6.07) is -0.0712. The van der Waals surface area contributed by atoms with Crippen LogP contribution in [0.5, 0.6) is 0 Å². The van der Waals surface area contributed by atoms with Crippen LogP contribution in [0.25, 0.3) is 0 Å². The number of carbonyl (C=O) groups excluding carboxylic acids is 1. The van der Waals surface area contributed by atoms with Gasteiger partial charge in [0, 0.05) is 18.9 Å². The van der Waals surface area contributed by atoms with E-state index in [2.05, 4.69) is 10.3 Å². The number of nitrogens with one attached hydrogen (secondary N) is 1. The van der Waals surface area contributed by atoms with Crippen LogP contribution in [0.2, 0.25) is 0 Å². The predicted molar refractivity (Wildman–Crippen MR) is 57.6 cm³/mol. The van der Waals surface area contributed by atoms with E-state index in [0.29, 0.717) is 5.92 Å². The normalized spacial score (nSPS) is 17.6. The molecule has 0 radical (unpaired) electrons. The summed E-state index contributed by atoms with van der Waals surface area (Å²) in [5.74, 6) is 0.672. The molecule has 0 unspecified atom stereocenters. The first-order chi connectivity index (χ1) is 7.36. The van der Waals surface area contributed by atoms with Gasteiger partial charge >= 0.3 is 6.03 Å². The van der Waals surface area contributed by atoms with E-state index in [1.165, 1.54) is 43.0 Å². The van der Waals surface area contributed by atoms with Crippen LogP contribution in [0.4, 0.5) is 4.79 Å². The number of carbonyl (C=O) groups is 1. The second-order valence-electron chi connectivity index (χ2n) is 4.16. The molecule has 1 heterocycles. The van der Waals surface area contributed by atoms with Gasteiger partial charge in [0.25, 0.3) is 0 Å². The first kappa shape index (κ1) is 10.2. The average molecular weight is 207 g/mol. The van der Waals surface area contributed by atoms with Crippen LogP contribution in [-0.2, 0) is 0 Å². The van der Waals surface area contributed by atoms with Crippen LogP contribution < -0.4 is 5.32 Å². The van der Waals surface area contributed by atoms with Gasteiger partial charge in [0.15, 0.2) is 0 Å². The van der Waals surface area contributed by atoms with Gasteiger partial charge in [0.1, 0.15) is 6.33 Å². The summed E-state index contributed by atoms with van der Waals surface area (Å²) >= 11 is 0. The highest BCUT2D eigenvalue weighted by Crippen LogP contribution is 2.22. The summed E-state index contributed by atoms with van der Waals surface area (Å²) in [5.41, 5.74) is 0. The Morgan fingerprint density at radius 1 is 1.40 bits per heavy atom. The minimum atomic E-state index is -0.0712. The van der Waals surface area contributed by atoms with Gasteiger partial charge in [-0.05, 0) is 18.8 Å². The van der Waals surface area contributed by atoms with Crippen LogP contribution in [0.15, 0.2) is 18.7 Å². The first-order valence-electron chi connectivity index (χ1n) is 5.62. The highest BCUT2D eigenvalue weighted by molar-refractivity contribution is 5.76. The van der Waals surface area contributed by atoms with Gasteiger partial charge in [-0.3, -0.25) is 4.57 Å². The zero-order chi connectivity index (χ0) is 10.5. The van der Waals surface area contributed by atoms with Crippen molar-refractivity contribution in [3.8, 4) is 0 Å². The molecule has 4 nitrogen and oxygen atoms in total. The molecular formula is C11H17N3O. The fourth-order valence-corrected chi connectivity index (χ4v) is 2.09. The van der Waals surface area contributed by atoms with Gasteiger partial charge < -0.3 is 5.32 Å². The van der Waals surface area contributed by atoms with E-state index in [9.17, 15) is 4.79 Å². The van der Waals surface area contributed by atoms with E-state index >= 15 is 0 Å². The number of aromatic nitrogens is 2. The topological polar surface area (TPSA) is 46.9 Å². The lowest BCUT2D eigenvalue weighted by molar-refractivity contribution is 0.237. The molecule has 1 N–H and O–H groups in total. The largest absolute Gasteiger partial charge is 0.337 e. The molecule has 1 amide bonds. The molecule has 1 aliphatic rings. The number of imidazole rings is 1. The monoisotopic (exact) mass is 207 g/mol. The van der Waals surface area contributed by atoms with E-state index in [-0.39, 0.29) is 6.03 Å². The molecule has 4 heteroatoms. The van der Waals surface area contributed by atoms with Gasteiger partial charge in [-0.15, -0.1) is 0 Å². The zero-order valence-electron chi connectivity index (χ0n) is 8.85.